The van der Waals surface area contributed by atoms with E-state index in [0.29, 0.717) is 17.9 Å². The lowest BCUT2D eigenvalue weighted by atomic mass is 10.00. The van der Waals surface area contributed by atoms with E-state index in [1.807, 2.05) is 54.6 Å². The monoisotopic (exact) mass is 421 g/mol. The van der Waals surface area contributed by atoms with Crippen LogP contribution < -0.4 is 0 Å². The van der Waals surface area contributed by atoms with Gasteiger partial charge in [0.15, 0.2) is 5.76 Å². The lowest BCUT2D eigenvalue weighted by Gasteiger charge is -2.06. The molecule has 158 valence electrons. The zero-order valence-corrected chi connectivity index (χ0v) is 17.6. The van der Waals surface area contributed by atoms with Gasteiger partial charge in [-0.15, -0.1) is 0 Å². The lowest BCUT2D eigenvalue weighted by molar-refractivity contribution is 0.0696. The molecule has 0 saturated heterocycles. The van der Waals surface area contributed by atoms with Gasteiger partial charge in [-0.2, -0.15) is 0 Å². The maximum atomic E-state index is 11.3. The Labute approximate surface area is 186 Å². The highest BCUT2D eigenvalue weighted by molar-refractivity contribution is 5.87. The molecule has 32 heavy (non-hydrogen) atoms. The van der Waals surface area contributed by atoms with Crippen molar-refractivity contribution in [2.45, 2.75) is 25.7 Å². The molecule has 1 aromatic heterocycles. The van der Waals surface area contributed by atoms with Gasteiger partial charge in [0.2, 0.25) is 5.89 Å². The van der Waals surface area contributed by atoms with Gasteiger partial charge in [-0.1, -0.05) is 78.4 Å². The number of hydrogen-bond donors (Lipinski definition) is 1. The number of rotatable bonds is 6. The minimum Gasteiger partial charge on any atom is -0.478 e. The predicted molar refractivity (Wildman–Crippen MR) is 125 cm³/mol. The second kappa shape index (κ2) is 8.67. The Hall–Kier alpha value is -3.92. The van der Waals surface area contributed by atoms with Crippen molar-refractivity contribution < 1.29 is 14.3 Å². The highest BCUT2D eigenvalue weighted by Gasteiger charge is 2.24. The second-order valence-corrected chi connectivity index (χ2v) is 8.05. The summed E-state index contributed by atoms with van der Waals surface area (Å²) >= 11 is 0. The first-order valence-corrected chi connectivity index (χ1v) is 10.8. The molecular weight excluding hydrogens is 398 g/mol. The molecule has 3 aromatic carbocycles. The maximum Gasteiger partial charge on any atom is 0.335 e. The highest BCUT2D eigenvalue weighted by atomic mass is 16.4. The van der Waals surface area contributed by atoms with E-state index in [0.717, 1.165) is 53.0 Å². The summed E-state index contributed by atoms with van der Waals surface area (Å²) < 4.78 is 6.41. The molecule has 4 heteroatoms. The van der Waals surface area contributed by atoms with E-state index in [9.17, 15) is 9.90 Å². The Balaban J connectivity index is 1.57. The van der Waals surface area contributed by atoms with Gasteiger partial charge in [0.1, 0.15) is 5.69 Å². The van der Waals surface area contributed by atoms with Crippen LogP contribution in [0.1, 0.15) is 41.1 Å². The summed E-state index contributed by atoms with van der Waals surface area (Å²) in [5.41, 5.74) is 6.60. The number of carboxylic acids is 1. The van der Waals surface area contributed by atoms with E-state index in [4.69, 9.17) is 9.40 Å². The summed E-state index contributed by atoms with van der Waals surface area (Å²) in [6.07, 6.45) is 3.64. The average molecular weight is 421 g/mol. The SMILES string of the molecule is O=C(O)c1cccc(CC2=C(c3nc(-c4ccccc4)c(-c4ccccc4)o3)CCC2)c1. The molecule has 1 heterocycles. The van der Waals surface area contributed by atoms with Crippen LogP contribution in [0.15, 0.2) is 94.9 Å². The number of hydrogen-bond acceptors (Lipinski definition) is 3. The van der Waals surface area contributed by atoms with E-state index in [1.165, 1.54) is 5.57 Å². The van der Waals surface area contributed by atoms with Gasteiger partial charge in [-0.25, -0.2) is 9.78 Å². The molecule has 1 N–H and O–H groups in total. The Morgan fingerprint density at radius 1 is 0.875 bits per heavy atom. The second-order valence-electron chi connectivity index (χ2n) is 8.05. The molecule has 0 saturated carbocycles. The van der Waals surface area contributed by atoms with Crippen LogP contribution in [-0.2, 0) is 6.42 Å². The van der Waals surface area contributed by atoms with Crippen molar-refractivity contribution >= 4 is 11.5 Å². The Morgan fingerprint density at radius 2 is 1.59 bits per heavy atom. The molecule has 0 amide bonds. The van der Waals surface area contributed by atoms with E-state index < -0.39 is 5.97 Å². The minimum atomic E-state index is -0.903. The van der Waals surface area contributed by atoms with E-state index in [-0.39, 0.29) is 0 Å². The molecule has 4 aromatic rings. The van der Waals surface area contributed by atoms with E-state index in [1.54, 1.807) is 18.2 Å². The van der Waals surface area contributed by atoms with E-state index in [2.05, 4.69) is 12.1 Å². The van der Waals surface area contributed by atoms with Gasteiger partial charge in [-0.3, -0.25) is 0 Å². The molecule has 5 rings (SSSR count). The van der Waals surface area contributed by atoms with Crippen molar-refractivity contribution in [1.29, 1.82) is 0 Å². The van der Waals surface area contributed by atoms with Crippen molar-refractivity contribution in [1.82, 2.24) is 4.98 Å². The summed E-state index contributed by atoms with van der Waals surface area (Å²) in [6, 6.07) is 27.4. The van der Waals surface area contributed by atoms with E-state index >= 15 is 0 Å². The fourth-order valence-corrected chi connectivity index (χ4v) is 4.35. The van der Waals surface area contributed by atoms with Gasteiger partial charge >= 0.3 is 5.97 Å². The predicted octanol–water partition coefficient (Wildman–Crippen LogP) is 6.89. The minimum absolute atomic E-state index is 0.316. The van der Waals surface area contributed by atoms with Gasteiger partial charge in [0.05, 0.1) is 5.56 Å². The topological polar surface area (TPSA) is 63.3 Å². The maximum absolute atomic E-state index is 11.3. The summed E-state index contributed by atoms with van der Waals surface area (Å²) in [4.78, 5) is 16.3. The first kappa shape index (κ1) is 20.0. The number of allylic oxidation sites excluding steroid dienone is 2. The molecule has 1 aliphatic carbocycles. The van der Waals surface area contributed by atoms with Crippen LogP contribution >= 0.6 is 0 Å². The largest absolute Gasteiger partial charge is 0.478 e. The molecular formula is C28H23NO3. The fraction of sp³-hybridized carbons (Fsp3) is 0.143. The normalized spacial score (nSPS) is 13.5. The van der Waals surface area contributed by atoms with Crippen LogP contribution in [-0.4, -0.2) is 16.1 Å². The summed E-state index contributed by atoms with van der Waals surface area (Å²) in [5, 5.41) is 9.31. The molecule has 0 radical (unpaired) electrons. The van der Waals surface area contributed by atoms with Crippen molar-refractivity contribution in [3.05, 3.63) is 108 Å². The summed E-state index contributed by atoms with van der Waals surface area (Å²) in [5.74, 6) is 0.545. The van der Waals surface area contributed by atoms with Gasteiger partial charge in [0.25, 0.3) is 0 Å². The molecule has 4 nitrogen and oxygen atoms in total. The number of aromatic carboxylic acids is 1. The molecule has 0 fully saturated rings. The zero-order chi connectivity index (χ0) is 21.9. The third kappa shape index (κ3) is 4.00. The number of aromatic nitrogens is 1. The number of carboxylic acid groups (broad SMARTS) is 1. The molecule has 0 unspecified atom stereocenters. The number of carbonyl (C=O) groups is 1. The van der Waals surface area contributed by atoms with Crippen LogP contribution in [0, 0.1) is 0 Å². The van der Waals surface area contributed by atoms with Gasteiger partial charge in [-0.05, 0) is 43.4 Å². The third-order valence-corrected chi connectivity index (χ3v) is 5.89. The zero-order valence-electron chi connectivity index (χ0n) is 17.6. The van der Waals surface area contributed by atoms with Crippen LogP contribution in [0.3, 0.4) is 0 Å². The van der Waals surface area contributed by atoms with Crippen LogP contribution in [0.4, 0.5) is 0 Å². The first-order valence-electron chi connectivity index (χ1n) is 10.8. The number of nitrogens with zero attached hydrogens (tertiary/aromatic N) is 1. The summed E-state index contributed by atoms with van der Waals surface area (Å²) in [6.45, 7) is 0. The fourth-order valence-electron chi connectivity index (χ4n) is 4.35. The van der Waals surface area contributed by atoms with Crippen molar-refractivity contribution in [3.8, 4) is 22.6 Å². The number of benzene rings is 3. The molecule has 0 bridgehead atoms. The average Bonchev–Trinajstić information content (AvgIpc) is 3.47. The summed E-state index contributed by atoms with van der Waals surface area (Å²) in [7, 11) is 0. The Kier molecular flexibility index (Phi) is 5.42. The van der Waals surface area contributed by atoms with Gasteiger partial charge < -0.3 is 9.52 Å². The smallest absolute Gasteiger partial charge is 0.335 e. The van der Waals surface area contributed by atoms with Crippen molar-refractivity contribution in [2.75, 3.05) is 0 Å². The Bertz CT molecular complexity index is 1230. The highest BCUT2D eigenvalue weighted by Crippen LogP contribution is 2.40. The number of oxazole rings is 1. The van der Waals surface area contributed by atoms with Gasteiger partial charge in [0, 0.05) is 16.7 Å². The van der Waals surface area contributed by atoms with Crippen LogP contribution in [0.5, 0.6) is 0 Å². The molecule has 0 atom stereocenters. The molecule has 0 spiro atoms. The first-order chi connectivity index (χ1) is 15.7. The lowest BCUT2D eigenvalue weighted by Crippen LogP contribution is -1.98. The van der Waals surface area contributed by atoms with Crippen molar-refractivity contribution in [2.24, 2.45) is 0 Å². The van der Waals surface area contributed by atoms with Crippen LogP contribution in [0.2, 0.25) is 0 Å². The van der Waals surface area contributed by atoms with Crippen LogP contribution in [0.25, 0.3) is 28.2 Å². The quantitative estimate of drug-likeness (QED) is 0.368. The molecule has 1 aliphatic rings. The Morgan fingerprint density at radius 3 is 2.31 bits per heavy atom. The molecule has 0 aliphatic heterocycles. The standard InChI is InChI=1S/C28H23NO3/c30-28(31)23-15-7-9-19(18-23)17-22-14-8-16-24(22)27-29-25(20-10-3-1-4-11-20)26(32-27)21-12-5-2-6-13-21/h1-7,9-13,15,18H,8,14,16-17H2,(H,30,31). The van der Waals surface area contributed by atoms with Crippen molar-refractivity contribution in [3.63, 3.8) is 0 Å². The third-order valence-electron chi connectivity index (χ3n) is 5.89.